The van der Waals surface area contributed by atoms with E-state index in [4.69, 9.17) is 14.2 Å². The van der Waals surface area contributed by atoms with Gasteiger partial charge in [0.15, 0.2) is 0 Å². The average molecular weight is 539 g/mol. The number of amides is 1. The molecule has 1 saturated heterocycles. The van der Waals surface area contributed by atoms with Crippen LogP contribution in [0.25, 0.3) is 0 Å². The number of carbonyl (C=O) groups is 1. The van der Waals surface area contributed by atoms with Crippen molar-refractivity contribution in [3.63, 3.8) is 0 Å². The van der Waals surface area contributed by atoms with Crippen molar-refractivity contribution in [1.82, 2.24) is 4.90 Å². The second-order valence-corrected chi connectivity index (χ2v) is 9.18. The molecule has 1 heterocycles. The number of ether oxygens (including phenoxy) is 3. The molecule has 182 valence electrons. The van der Waals surface area contributed by atoms with Gasteiger partial charge in [0, 0.05) is 0 Å². The van der Waals surface area contributed by atoms with Gasteiger partial charge in [0.25, 0.3) is 0 Å². The molecule has 1 amide bonds. The molecular weight excluding hydrogens is 509 g/mol. The van der Waals surface area contributed by atoms with Gasteiger partial charge in [0.05, 0.1) is 0 Å². The van der Waals surface area contributed by atoms with Gasteiger partial charge < -0.3 is 0 Å². The number of nitrogens with zero attached hydrogens (tertiary/aromatic N) is 1. The molecular formula is C28H29NO5Se. The summed E-state index contributed by atoms with van der Waals surface area (Å²) in [6.45, 7) is 2.39. The summed E-state index contributed by atoms with van der Waals surface area (Å²) in [6.07, 6.45) is -2.61. The summed E-state index contributed by atoms with van der Waals surface area (Å²) in [7, 11) is 0. The molecule has 0 saturated carbocycles. The summed E-state index contributed by atoms with van der Waals surface area (Å²) < 4.78 is 18.1. The Kier molecular flexibility index (Phi) is 8.85. The van der Waals surface area contributed by atoms with Crippen molar-refractivity contribution in [3.05, 3.63) is 108 Å². The Balaban J connectivity index is 1.47. The van der Waals surface area contributed by atoms with Crippen LogP contribution in [0.2, 0.25) is 0 Å². The second kappa shape index (κ2) is 12.2. The first-order valence-electron chi connectivity index (χ1n) is 11.6. The van der Waals surface area contributed by atoms with Gasteiger partial charge in [-0.15, -0.1) is 0 Å². The number of carbonyl (C=O) groups excluding carboxylic acids is 1. The maximum absolute atomic E-state index is 13.7. The number of hydrogen-bond donors (Lipinski definition) is 1. The number of benzene rings is 3. The van der Waals surface area contributed by atoms with Crippen molar-refractivity contribution < 1.29 is 24.1 Å². The molecule has 0 aliphatic carbocycles. The van der Waals surface area contributed by atoms with Crippen molar-refractivity contribution in [3.8, 4) is 0 Å². The molecule has 0 spiro atoms. The van der Waals surface area contributed by atoms with E-state index in [2.05, 4.69) is 15.6 Å². The summed E-state index contributed by atoms with van der Waals surface area (Å²) >= 11 is 2.86. The zero-order valence-corrected chi connectivity index (χ0v) is 21.2. The standard InChI is InChI=1S/C28H29NO5Se/c1-20-25(23-15-9-4-10-16-23)34-28(35)29(20)27(31)26(33-18-22-13-7-3-8-14-22)24(30)19-32-17-21-11-5-2-6-12-21/h2-16,20,24-26,30H,17-19H2,1H3/t20-,24?,25-,26?/m0/s1. The monoisotopic (exact) mass is 539 g/mol. The van der Waals surface area contributed by atoms with Crippen LogP contribution in [-0.2, 0) is 32.2 Å². The minimum atomic E-state index is -1.16. The average Bonchev–Trinajstić information content (AvgIpc) is 3.19. The van der Waals surface area contributed by atoms with Crippen LogP contribution in [0.5, 0.6) is 0 Å². The predicted octanol–water partition coefficient (Wildman–Crippen LogP) is 3.39. The van der Waals surface area contributed by atoms with Gasteiger partial charge in [-0.1, -0.05) is 0 Å². The molecule has 4 rings (SSSR count). The summed E-state index contributed by atoms with van der Waals surface area (Å²) in [5, 5.41) is 11.0. The van der Waals surface area contributed by atoms with Crippen molar-refractivity contribution >= 4 is 26.2 Å². The number of rotatable bonds is 10. The number of aliphatic hydroxyl groups is 1. The van der Waals surface area contributed by atoms with Crippen LogP contribution in [0.4, 0.5) is 0 Å². The van der Waals surface area contributed by atoms with Crippen molar-refractivity contribution in [1.29, 1.82) is 0 Å². The molecule has 1 N–H and O–H groups in total. The Hall–Kier alpha value is -2.80. The van der Waals surface area contributed by atoms with Crippen LogP contribution >= 0.6 is 0 Å². The van der Waals surface area contributed by atoms with Gasteiger partial charge in [0.1, 0.15) is 0 Å². The first-order chi connectivity index (χ1) is 17.0. The second-order valence-electron chi connectivity index (χ2n) is 8.45. The van der Waals surface area contributed by atoms with Gasteiger partial charge in [-0.3, -0.25) is 0 Å². The van der Waals surface area contributed by atoms with E-state index in [1.165, 1.54) is 4.90 Å². The van der Waals surface area contributed by atoms with E-state index in [0.29, 0.717) is 11.3 Å². The number of aliphatic hydroxyl groups excluding tert-OH is 1. The molecule has 3 aromatic rings. The normalized spacial score (nSPS) is 19.3. The molecule has 0 radical (unpaired) electrons. The zero-order valence-electron chi connectivity index (χ0n) is 19.5. The van der Waals surface area contributed by atoms with Crippen LogP contribution < -0.4 is 0 Å². The van der Waals surface area contributed by atoms with Gasteiger partial charge in [-0.25, -0.2) is 0 Å². The Bertz CT molecular complexity index is 1100. The van der Waals surface area contributed by atoms with E-state index in [1.807, 2.05) is 97.9 Å². The first kappa shape index (κ1) is 25.3. The molecule has 1 aliphatic rings. The van der Waals surface area contributed by atoms with E-state index >= 15 is 0 Å². The summed E-state index contributed by atoms with van der Waals surface area (Å²) in [5.41, 5.74) is 2.86. The molecule has 7 heteroatoms. The van der Waals surface area contributed by atoms with Crippen LogP contribution in [0.3, 0.4) is 0 Å². The summed E-state index contributed by atoms with van der Waals surface area (Å²) in [5.74, 6) is -0.378. The molecule has 1 fully saturated rings. The van der Waals surface area contributed by atoms with Crippen LogP contribution in [-0.4, -0.2) is 61.1 Å². The minimum absolute atomic E-state index is 0.0476. The van der Waals surface area contributed by atoms with Crippen LogP contribution in [0.15, 0.2) is 91.0 Å². The van der Waals surface area contributed by atoms with Gasteiger partial charge in [-0.05, 0) is 0 Å². The maximum atomic E-state index is 13.7. The first-order valence-corrected chi connectivity index (χ1v) is 12.4. The van der Waals surface area contributed by atoms with Crippen LogP contribution in [0.1, 0.15) is 29.7 Å². The Morgan fingerprint density at radius 3 is 2.09 bits per heavy atom. The van der Waals surface area contributed by atoms with Gasteiger partial charge in [-0.2, -0.15) is 0 Å². The van der Waals surface area contributed by atoms with Crippen molar-refractivity contribution in [2.75, 3.05) is 6.61 Å². The molecule has 35 heavy (non-hydrogen) atoms. The van der Waals surface area contributed by atoms with E-state index in [9.17, 15) is 9.90 Å². The SMILES string of the molecule is C[C@H]1[C@@H](c2ccccc2)OC(=[Se])N1C(=O)C(OCc1ccccc1)C(O)COCc1ccccc1. The van der Waals surface area contributed by atoms with E-state index in [1.54, 1.807) is 0 Å². The van der Waals surface area contributed by atoms with Gasteiger partial charge in [0.2, 0.25) is 0 Å². The van der Waals surface area contributed by atoms with E-state index in [0.717, 1.165) is 16.7 Å². The zero-order chi connectivity index (χ0) is 24.6. The van der Waals surface area contributed by atoms with Crippen molar-refractivity contribution in [2.24, 2.45) is 0 Å². The summed E-state index contributed by atoms with van der Waals surface area (Å²) in [4.78, 5) is 15.2. The summed E-state index contributed by atoms with van der Waals surface area (Å²) in [6, 6.07) is 28.7. The Labute approximate surface area is 213 Å². The molecule has 3 aromatic carbocycles. The topological polar surface area (TPSA) is 68.2 Å². The molecule has 2 unspecified atom stereocenters. The quantitative estimate of drug-likeness (QED) is 0.401. The molecule has 4 atom stereocenters. The fourth-order valence-electron chi connectivity index (χ4n) is 4.05. The molecule has 1 aliphatic heterocycles. The van der Waals surface area contributed by atoms with Crippen LogP contribution in [0, 0.1) is 0 Å². The molecule has 0 bridgehead atoms. The third kappa shape index (κ3) is 6.45. The van der Waals surface area contributed by atoms with Gasteiger partial charge >= 0.3 is 214 Å². The fraction of sp³-hybridized carbons (Fsp3) is 0.286. The predicted molar refractivity (Wildman–Crippen MR) is 134 cm³/mol. The van der Waals surface area contributed by atoms with E-state index in [-0.39, 0.29) is 31.3 Å². The van der Waals surface area contributed by atoms with Crippen molar-refractivity contribution in [2.45, 2.75) is 44.5 Å². The molecule has 0 aromatic heterocycles. The van der Waals surface area contributed by atoms with E-state index < -0.39 is 12.2 Å². The Morgan fingerprint density at radius 1 is 0.943 bits per heavy atom. The molecule has 6 nitrogen and oxygen atoms in total. The third-order valence-electron chi connectivity index (χ3n) is 5.90. The third-order valence-corrected chi connectivity index (χ3v) is 6.52. The number of hydrogen-bond acceptors (Lipinski definition) is 5. The fourth-order valence-corrected chi connectivity index (χ4v) is 4.80. The Morgan fingerprint density at radius 2 is 1.49 bits per heavy atom.